The first kappa shape index (κ1) is 24.9. The van der Waals surface area contributed by atoms with Gasteiger partial charge in [-0.1, -0.05) is 97.3 Å². The first-order chi connectivity index (χ1) is 12.1. The van der Waals surface area contributed by atoms with Crippen LogP contribution in [0.1, 0.15) is 104 Å². The van der Waals surface area contributed by atoms with Gasteiger partial charge in [0.05, 0.1) is 12.4 Å². The molecule has 0 radical (unpaired) electrons. The molecule has 0 aliphatic heterocycles. The van der Waals surface area contributed by atoms with Crippen LogP contribution in [0.3, 0.4) is 0 Å². The molecule has 0 unspecified atom stereocenters. The first-order valence-corrected chi connectivity index (χ1v) is 12.3. The summed E-state index contributed by atoms with van der Waals surface area (Å²) in [5.41, 5.74) is 0. The summed E-state index contributed by atoms with van der Waals surface area (Å²) < 4.78 is 25.3. The molecule has 0 saturated carbocycles. The number of rotatable bonds is 19. The Morgan fingerprint density at radius 2 is 1.08 bits per heavy atom. The third-order valence-corrected chi connectivity index (χ3v) is 6.78. The molecule has 0 heterocycles. The fourth-order valence-corrected chi connectivity index (χ4v) is 4.51. The maximum atomic E-state index is 11.9. The van der Waals surface area contributed by atoms with E-state index in [-0.39, 0.29) is 12.4 Å². The Morgan fingerprint density at radius 3 is 1.44 bits per heavy atom. The van der Waals surface area contributed by atoms with Crippen molar-refractivity contribution in [3.8, 4) is 0 Å². The van der Waals surface area contributed by atoms with Crippen molar-refractivity contribution in [3.05, 3.63) is 0 Å². The average molecular weight is 378 g/mol. The van der Waals surface area contributed by atoms with Gasteiger partial charge in [-0.2, -0.15) is 0 Å². The minimum atomic E-state index is -3.26. The van der Waals surface area contributed by atoms with Crippen LogP contribution in [0.25, 0.3) is 0 Å². The molecule has 0 fully saturated rings. The molecule has 0 bridgehead atoms. The van der Waals surface area contributed by atoms with Gasteiger partial charge in [0.25, 0.3) is 0 Å². The maximum absolute atomic E-state index is 11.9. The van der Waals surface area contributed by atoms with Crippen LogP contribution >= 0.6 is 0 Å². The number of unbranched alkanes of at least 4 members (excludes halogenated alkanes) is 13. The minimum absolute atomic E-state index is 0.153. The summed E-state index contributed by atoms with van der Waals surface area (Å²) >= 11 is 0. The Kier molecular flexibility index (Phi) is 17.2. The maximum Gasteiger partial charge on any atom is 0.216 e. The monoisotopic (exact) mass is 377 g/mol. The fourth-order valence-electron chi connectivity index (χ4n) is 3.22. The van der Waals surface area contributed by atoms with E-state index in [0.717, 1.165) is 12.8 Å². The van der Waals surface area contributed by atoms with Crippen molar-refractivity contribution in [2.24, 2.45) is 0 Å². The number of sulfonamides is 1. The smallest absolute Gasteiger partial charge is 0.216 e. The molecule has 0 rings (SSSR count). The van der Waals surface area contributed by atoms with Gasteiger partial charge in [-0.15, -0.1) is 0 Å². The van der Waals surface area contributed by atoms with Crippen LogP contribution in [0.2, 0.25) is 0 Å². The Morgan fingerprint density at radius 1 is 0.680 bits per heavy atom. The Bertz CT molecular complexity index is 371. The third-order valence-electron chi connectivity index (χ3n) is 4.86. The Hall–Kier alpha value is -0.130. The quantitative estimate of drug-likeness (QED) is 0.318. The summed E-state index contributed by atoms with van der Waals surface area (Å²) in [6.45, 7) is 4.92. The highest BCUT2D eigenvalue weighted by atomic mass is 32.2. The van der Waals surface area contributed by atoms with Crippen LogP contribution < -0.4 is 0 Å². The highest BCUT2D eigenvalue weighted by Crippen LogP contribution is 2.13. The molecule has 4 nitrogen and oxygen atoms in total. The summed E-state index contributed by atoms with van der Waals surface area (Å²) in [6, 6.07) is 0. The normalized spacial score (nSPS) is 12.2. The summed E-state index contributed by atoms with van der Waals surface area (Å²) in [5, 5.41) is 8.83. The Balaban J connectivity index is 3.41. The van der Waals surface area contributed by atoms with Crippen LogP contribution in [-0.4, -0.2) is 43.3 Å². The van der Waals surface area contributed by atoms with Crippen molar-refractivity contribution in [3.63, 3.8) is 0 Å². The van der Waals surface area contributed by atoms with Crippen molar-refractivity contribution in [1.29, 1.82) is 0 Å². The van der Waals surface area contributed by atoms with E-state index in [2.05, 4.69) is 6.92 Å². The van der Waals surface area contributed by atoms with E-state index in [1.54, 1.807) is 0 Å². The zero-order chi connectivity index (χ0) is 18.8. The first-order valence-electron chi connectivity index (χ1n) is 10.7. The van der Waals surface area contributed by atoms with Gasteiger partial charge in [0.15, 0.2) is 0 Å². The largest absolute Gasteiger partial charge is 0.395 e. The molecule has 5 heteroatoms. The van der Waals surface area contributed by atoms with E-state index in [9.17, 15) is 8.42 Å². The van der Waals surface area contributed by atoms with Crippen LogP contribution in [0.4, 0.5) is 0 Å². The van der Waals surface area contributed by atoms with Gasteiger partial charge in [-0.25, -0.2) is 12.7 Å². The molecule has 0 atom stereocenters. The molecule has 0 aliphatic carbocycles. The summed E-state index contributed by atoms with van der Waals surface area (Å²) in [5.74, 6) is -0.153. The molecule has 0 saturated heterocycles. The molecule has 0 aromatic carbocycles. The van der Waals surface area contributed by atoms with E-state index >= 15 is 0 Å². The average Bonchev–Trinajstić information content (AvgIpc) is 2.58. The van der Waals surface area contributed by atoms with Crippen molar-refractivity contribution in [2.45, 2.75) is 104 Å². The van der Waals surface area contributed by atoms with Crippen molar-refractivity contribution < 1.29 is 13.5 Å². The van der Waals surface area contributed by atoms with Crippen LogP contribution in [0, 0.1) is 0 Å². The summed E-state index contributed by atoms with van der Waals surface area (Å²) in [7, 11) is -3.26. The lowest BCUT2D eigenvalue weighted by molar-refractivity contribution is 0.314. The molecule has 1 N–H and O–H groups in total. The number of aliphatic hydroxyl groups excluding tert-OH is 1. The second-order valence-electron chi connectivity index (χ2n) is 7.13. The van der Waals surface area contributed by atoms with Gasteiger partial charge in [0.1, 0.15) is 0 Å². The lowest BCUT2D eigenvalue weighted by Crippen LogP contribution is -2.34. The summed E-state index contributed by atoms with van der Waals surface area (Å²) in [4.78, 5) is 0. The minimum Gasteiger partial charge on any atom is -0.395 e. The van der Waals surface area contributed by atoms with Crippen LogP contribution in [-0.2, 0) is 10.0 Å². The second kappa shape index (κ2) is 17.3. The highest BCUT2D eigenvalue weighted by molar-refractivity contribution is 7.89. The predicted octanol–water partition coefficient (Wildman–Crippen LogP) is 5.11. The number of hydrogen-bond donors (Lipinski definition) is 1. The predicted molar refractivity (Wildman–Crippen MR) is 108 cm³/mol. The number of nitrogens with zero attached hydrogens (tertiary/aromatic N) is 1. The lowest BCUT2D eigenvalue weighted by atomic mass is 10.0. The molecule has 0 spiro atoms. The standard InChI is InChI=1S/C20H43NO3S/c1-3-5-6-7-8-9-10-11-12-13-14-15-16-17-18-21(4-2)25(23,24)20-19-22/h22H,3-20H2,1-2H3. The van der Waals surface area contributed by atoms with E-state index in [1.807, 2.05) is 6.92 Å². The number of aliphatic hydroxyl groups is 1. The van der Waals surface area contributed by atoms with Gasteiger partial charge in [0, 0.05) is 13.1 Å². The van der Waals surface area contributed by atoms with Crippen molar-refractivity contribution in [1.82, 2.24) is 4.31 Å². The van der Waals surface area contributed by atoms with Gasteiger partial charge < -0.3 is 5.11 Å². The van der Waals surface area contributed by atoms with E-state index in [0.29, 0.717) is 13.1 Å². The fraction of sp³-hybridized carbons (Fsp3) is 1.00. The van der Waals surface area contributed by atoms with E-state index in [1.165, 1.54) is 81.4 Å². The van der Waals surface area contributed by atoms with E-state index in [4.69, 9.17) is 5.11 Å². The SMILES string of the molecule is CCCCCCCCCCCCCCCCN(CC)S(=O)(=O)CCO. The third kappa shape index (κ3) is 14.7. The van der Waals surface area contributed by atoms with Gasteiger partial charge >= 0.3 is 0 Å². The Labute approximate surface area is 157 Å². The van der Waals surface area contributed by atoms with Crippen LogP contribution in [0.15, 0.2) is 0 Å². The van der Waals surface area contributed by atoms with Crippen molar-refractivity contribution in [2.75, 3.05) is 25.4 Å². The molecular weight excluding hydrogens is 334 g/mol. The summed E-state index contributed by atoms with van der Waals surface area (Å²) in [6.07, 6.45) is 18.3. The molecule has 0 amide bonds. The molecule has 0 aliphatic rings. The molecule has 0 aromatic heterocycles. The molecule has 152 valence electrons. The molecular formula is C20H43NO3S. The van der Waals surface area contributed by atoms with Gasteiger partial charge in [-0.05, 0) is 6.42 Å². The van der Waals surface area contributed by atoms with Gasteiger partial charge in [0.2, 0.25) is 10.0 Å². The van der Waals surface area contributed by atoms with Crippen LogP contribution in [0.5, 0.6) is 0 Å². The zero-order valence-corrected chi connectivity index (χ0v) is 17.7. The molecule has 25 heavy (non-hydrogen) atoms. The van der Waals surface area contributed by atoms with Crippen molar-refractivity contribution >= 4 is 10.0 Å². The second-order valence-corrected chi connectivity index (χ2v) is 9.22. The number of hydrogen-bond acceptors (Lipinski definition) is 3. The zero-order valence-electron chi connectivity index (χ0n) is 16.8. The van der Waals surface area contributed by atoms with Gasteiger partial charge in [-0.3, -0.25) is 0 Å². The lowest BCUT2D eigenvalue weighted by Gasteiger charge is -2.19. The van der Waals surface area contributed by atoms with E-state index < -0.39 is 10.0 Å². The highest BCUT2D eigenvalue weighted by Gasteiger charge is 2.18. The topological polar surface area (TPSA) is 57.6 Å². The molecule has 0 aromatic rings.